The van der Waals surface area contributed by atoms with E-state index in [1.807, 2.05) is 66.7 Å². The predicted molar refractivity (Wildman–Crippen MR) is 137 cm³/mol. The molecule has 0 saturated carbocycles. The quantitative estimate of drug-likeness (QED) is 0.273. The molecule has 0 spiro atoms. The number of carbonyl (C=O) groups excluding carboxylic acids is 2. The lowest BCUT2D eigenvalue weighted by Gasteiger charge is -2.19. The summed E-state index contributed by atoms with van der Waals surface area (Å²) in [6.45, 7) is 0. The lowest BCUT2D eigenvalue weighted by molar-refractivity contribution is -0.145. The highest BCUT2D eigenvalue weighted by atomic mass is 16.5. The molecule has 1 amide bonds. The van der Waals surface area contributed by atoms with Gasteiger partial charge in [0.2, 0.25) is 5.91 Å². The second-order valence-electron chi connectivity index (χ2n) is 8.50. The van der Waals surface area contributed by atoms with Gasteiger partial charge in [-0.25, -0.2) is 4.79 Å². The van der Waals surface area contributed by atoms with Crippen molar-refractivity contribution in [2.45, 2.75) is 18.9 Å². The van der Waals surface area contributed by atoms with Crippen molar-refractivity contribution in [3.8, 4) is 0 Å². The van der Waals surface area contributed by atoms with Crippen molar-refractivity contribution in [3.05, 3.63) is 108 Å². The molecule has 0 bridgehead atoms. The maximum absolute atomic E-state index is 13.0. The molecule has 5 rings (SSSR count). The summed E-state index contributed by atoms with van der Waals surface area (Å²) in [5.74, 6) is -0.667. The third-order valence-corrected chi connectivity index (χ3v) is 6.29. The number of fused-ring (bicyclic) bond motifs is 3. The number of rotatable bonds is 6. The van der Waals surface area contributed by atoms with Gasteiger partial charge in [0.05, 0.1) is 13.5 Å². The Labute approximate surface area is 198 Å². The minimum Gasteiger partial charge on any atom is -0.467 e. The first kappa shape index (κ1) is 21.7. The number of hydrogen-bond donors (Lipinski definition) is 1. The Morgan fingerprint density at radius 3 is 1.97 bits per heavy atom. The first-order chi connectivity index (χ1) is 16.6. The summed E-state index contributed by atoms with van der Waals surface area (Å²) in [6, 6.07) is 31.6. The molecule has 1 N–H and O–H groups in total. The van der Waals surface area contributed by atoms with E-state index in [-0.39, 0.29) is 12.3 Å². The number of esters is 1. The van der Waals surface area contributed by atoms with E-state index in [2.05, 4.69) is 35.6 Å². The molecule has 5 aromatic rings. The average molecular weight is 448 g/mol. The lowest BCUT2D eigenvalue weighted by Crippen LogP contribution is -2.43. The standard InChI is InChI=1S/C30H25NO3/c1-34-30(33)28(31-29(32)17-20-14-15-21-8-2-3-9-22(21)16-20)19-27-25-12-6-4-10-23(25)18-24-11-5-7-13-26(24)27/h2-16,18,28H,17,19H2,1H3,(H,31,32)/t28-/m1/s1. The molecule has 0 aliphatic carbocycles. The molecule has 0 aliphatic rings. The molecule has 0 aromatic heterocycles. The van der Waals surface area contributed by atoms with Crippen LogP contribution < -0.4 is 5.32 Å². The number of ether oxygens (including phenoxy) is 1. The topological polar surface area (TPSA) is 55.4 Å². The zero-order chi connectivity index (χ0) is 23.5. The highest BCUT2D eigenvalue weighted by Gasteiger charge is 2.24. The van der Waals surface area contributed by atoms with Gasteiger partial charge in [-0.2, -0.15) is 0 Å². The lowest BCUT2D eigenvalue weighted by atomic mass is 9.92. The second-order valence-corrected chi connectivity index (χ2v) is 8.50. The molecule has 4 nitrogen and oxygen atoms in total. The van der Waals surface area contributed by atoms with Gasteiger partial charge in [0, 0.05) is 6.42 Å². The van der Waals surface area contributed by atoms with Gasteiger partial charge in [-0.3, -0.25) is 4.79 Å². The fourth-order valence-corrected chi connectivity index (χ4v) is 4.65. The van der Waals surface area contributed by atoms with Crippen molar-refractivity contribution in [1.29, 1.82) is 0 Å². The number of nitrogens with one attached hydrogen (secondary N) is 1. The summed E-state index contributed by atoms with van der Waals surface area (Å²) in [6.07, 6.45) is 0.534. The van der Waals surface area contributed by atoms with Crippen molar-refractivity contribution in [3.63, 3.8) is 0 Å². The van der Waals surface area contributed by atoms with Gasteiger partial charge in [0.15, 0.2) is 0 Å². The van der Waals surface area contributed by atoms with Gasteiger partial charge in [-0.05, 0) is 49.5 Å². The molecular formula is C30H25NO3. The molecule has 0 unspecified atom stereocenters. The Morgan fingerprint density at radius 2 is 1.32 bits per heavy atom. The number of hydrogen-bond acceptors (Lipinski definition) is 3. The molecule has 1 atom stereocenters. The number of amides is 1. The summed E-state index contributed by atoms with van der Waals surface area (Å²) in [7, 11) is 1.35. The Kier molecular flexibility index (Phi) is 5.96. The third kappa shape index (κ3) is 4.35. The van der Waals surface area contributed by atoms with Crippen molar-refractivity contribution >= 4 is 44.2 Å². The van der Waals surface area contributed by atoms with Crippen LogP contribution in [-0.2, 0) is 27.2 Å². The summed E-state index contributed by atoms with van der Waals surface area (Å²) >= 11 is 0. The monoisotopic (exact) mass is 447 g/mol. The van der Waals surface area contributed by atoms with E-state index in [1.165, 1.54) is 7.11 Å². The van der Waals surface area contributed by atoms with Gasteiger partial charge >= 0.3 is 5.97 Å². The average Bonchev–Trinajstić information content (AvgIpc) is 2.87. The van der Waals surface area contributed by atoms with Crippen LogP contribution in [0.3, 0.4) is 0 Å². The number of methoxy groups -OCH3 is 1. The highest BCUT2D eigenvalue weighted by Crippen LogP contribution is 2.29. The SMILES string of the molecule is COC(=O)[C@@H](Cc1c2ccccc2cc2ccccc12)NC(=O)Cc1ccc2ccccc2c1. The molecule has 0 fully saturated rings. The fourth-order valence-electron chi connectivity index (χ4n) is 4.65. The van der Waals surface area contributed by atoms with E-state index in [0.717, 1.165) is 43.4 Å². The Balaban J connectivity index is 1.44. The van der Waals surface area contributed by atoms with Crippen LogP contribution in [0.2, 0.25) is 0 Å². The molecule has 34 heavy (non-hydrogen) atoms. The summed E-state index contributed by atoms with van der Waals surface area (Å²) < 4.78 is 5.06. The van der Waals surface area contributed by atoms with E-state index in [4.69, 9.17) is 4.74 Å². The first-order valence-corrected chi connectivity index (χ1v) is 11.4. The van der Waals surface area contributed by atoms with Crippen LogP contribution in [-0.4, -0.2) is 25.0 Å². The normalized spacial score (nSPS) is 12.0. The Morgan fingerprint density at radius 1 is 0.735 bits per heavy atom. The Hall–Kier alpha value is -4.18. The smallest absolute Gasteiger partial charge is 0.328 e. The van der Waals surface area contributed by atoms with E-state index in [1.54, 1.807) is 0 Å². The molecule has 0 saturated heterocycles. The van der Waals surface area contributed by atoms with Crippen LogP contribution in [0.25, 0.3) is 32.3 Å². The molecule has 4 heteroatoms. The van der Waals surface area contributed by atoms with Crippen LogP contribution in [0.1, 0.15) is 11.1 Å². The number of benzene rings is 5. The van der Waals surface area contributed by atoms with Crippen molar-refractivity contribution in [2.24, 2.45) is 0 Å². The molecular weight excluding hydrogens is 422 g/mol. The van der Waals surface area contributed by atoms with Crippen molar-refractivity contribution in [1.82, 2.24) is 5.32 Å². The van der Waals surface area contributed by atoms with Gasteiger partial charge < -0.3 is 10.1 Å². The summed E-state index contributed by atoms with van der Waals surface area (Å²) in [5, 5.41) is 9.47. The molecule has 0 radical (unpaired) electrons. The fraction of sp³-hybridized carbons (Fsp3) is 0.133. The molecule has 5 aromatic carbocycles. The van der Waals surface area contributed by atoms with Crippen LogP contribution in [0, 0.1) is 0 Å². The molecule has 0 heterocycles. The van der Waals surface area contributed by atoms with E-state index in [9.17, 15) is 9.59 Å². The first-order valence-electron chi connectivity index (χ1n) is 11.4. The van der Waals surface area contributed by atoms with Gasteiger partial charge in [-0.1, -0.05) is 91.0 Å². The van der Waals surface area contributed by atoms with Crippen LogP contribution >= 0.6 is 0 Å². The summed E-state index contributed by atoms with van der Waals surface area (Å²) in [4.78, 5) is 25.7. The molecule has 168 valence electrons. The highest BCUT2D eigenvalue weighted by molar-refractivity contribution is 6.03. The van der Waals surface area contributed by atoms with Gasteiger partial charge in [-0.15, -0.1) is 0 Å². The van der Waals surface area contributed by atoms with Crippen LogP contribution in [0.4, 0.5) is 0 Å². The zero-order valence-corrected chi connectivity index (χ0v) is 19.0. The van der Waals surface area contributed by atoms with E-state index >= 15 is 0 Å². The second kappa shape index (κ2) is 9.36. The molecule has 0 aliphatic heterocycles. The minimum absolute atomic E-state index is 0.189. The van der Waals surface area contributed by atoms with Crippen molar-refractivity contribution in [2.75, 3.05) is 7.11 Å². The third-order valence-electron chi connectivity index (χ3n) is 6.29. The summed E-state index contributed by atoms with van der Waals surface area (Å²) in [5.41, 5.74) is 1.92. The maximum atomic E-state index is 13.0. The van der Waals surface area contributed by atoms with Gasteiger partial charge in [0.25, 0.3) is 0 Å². The minimum atomic E-state index is -0.785. The van der Waals surface area contributed by atoms with E-state index in [0.29, 0.717) is 6.42 Å². The van der Waals surface area contributed by atoms with Crippen molar-refractivity contribution < 1.29 is 14.3 Å². The number of carbonyl (C=O) groups is 2. The maximum Gasteiger partial charge on any atom is 0.328 e. The zero-order valence-electron chi connectivity index (χ0n) is 19.0. The largest absolute Gasteiger partial charge is 0.467 e. The predicted octanol–water partition coefficient (Wildman–Crippen LogP) is 5.59. The van der Waals surface area contributed by atoms with Gasteiger partial charge in [0.1, 0.15) is 6.04 Å². The Bertz CT molecular complexity index is 1470. The van der Waals surface area contributed by atoms with Crippen LogP contribution in [0.5, 0.6) is 0 Å². The van der Waals surface area contributed by atoms with E-state index < -0.39 is 12.0 Å². The van der Waals surface area contributed by atoms with Crippen LogP contribution in [0.15, 0.2) is 97.1 Å².